The molecule has 1 aromatic heterocycles. The van der Waals surface area contributed by atoms with Gasteiger partial charge in [0.15, 0.2) is 5.69 Å². The third-order valence-corrected chi connectivity index (χ3v) is 6.72. The summed E-state index contributed by atoms with van der Waals surface area (Å²) in [7, 11) is 0. The normalized spacial score (nSPS) is 22.4. The van der Waals surface area contributed by atoms with Crippen LogP contribution in [0.25, 0.3) is 0 Å². The van der Waals surface area contributed by atoms with Gasteiger partial charge in [-0.25, -0.2) is 9.37 Å². The summed E-state index contributed by atoms with van der Waals surface area (Å²) in [4.78, 5) is 41.7. The van der Waals surface area contributed by atoms with E-state index in [1.54, 1.807) is 4.57 Å². The number of benzene rings is 1. The maximum absolute atomic E-state index is 13.2. The maximum Gasteiger partial charge on any atom is 0.272 e. The van der Waals surface area contributed by atoms with E-state index < -0.39 is 17.6 Å². The molecule has 1 aliphatic heterocycles. The van der Waals surface area contributed by atoms with Gasteiger partial charge >= 0.3 is 0 Å². The molecule has 0 bridgehead atoms. The van der Waals surface area contributed by atoms with Crippen LogP contribution in [0.3, 0.4) is 0 Å². The number of carbonyl (C=O) groups excluding carboxylic acids is 3. The number of hydrogen-bond donors (Lipinski definition) is 3. The van der Waals surface area contributed by atoms with Crippen LogP contribution < -0.4 is 16.4 Å². The monoisotopic (exact) mass is 491 g/mol. The number of ether oxygens (including phenoxy) is 1. The van der Waals surface area contributed by atoms with E-state index in [2.05, 4.69) is 15.6 Å². The molecule has 4 rings (SSSR count). The van der Waals surface area contributed by atoms with E-state index in [0.717, 1.165) is 18.9 Å². The van der Waals surface area contributed by atoms with Crippen molar-refractivity contribution in [2.45, 2.75) is 50.7 Å². The molecule has 1 aliphatic carbocycles. The average molecular weight is 492 g/mol. The molecule has 1 atom stereocenters. The van der Waals surface area contributed by atoms with Crippen LogP contribution in [0, 0.1) is 11.7 Å². The fourth-order valence-corrected chi connectivity index (χ4v) is 4.80. The van der Waals surface area contributed by atoms with Crippen LogP contribution in [0.5, 0.6) is 0 Å². The van der Waals surface area contributed by atoms with Crippen molar-refractivity contribution in [3.05, 3.63) is 46.8 Å². The van der Waals surface area contributed by atoms with Crippen LogP contribution in [0.15, 0.2) is 24.5 Å². The second-order valence-corrected chi connectivity index (χ2v) is 9.08. The van der Waals surface area contributed by atoms with Gasteiger partial charge in [-0.1, -0.05) is 11.6 Å². The molecule has 3 amide bonds. The van der Waals surface area contributed by atoms with Gasteiger partial charge in [-0.2, -0.15) is 0 Å². The Hall–Kier alpha value is -2.98. The zero-order valence-corrected chi connectivity index (χ0v) is 19.3. The van der Waals surface area contributed by atoms with Gasteiger partial charge in [-0.05, 0) is 56.7 Å². The summed E-state index contributed by atoms with van der Waals surface area (Å²) in [5.41, 5.74) is 6.02. The molecule has 4 N–H and O–H groups in total. The topological polar surface area (TPSA) is 128 Å². The summed E-state index contributed by atoms with van der Waals surface area (Å²) in [5.74, 6) is -2.12. The molecule has 11 heteroatoms. The summed E-state index contributed by atoms with van der Waals surface area (Å²) in [6.45, 7) is 1.03. The first-order valence-corrected chi connectivity index (χ1v) is 11.7. The number of carbonyl (C=O) groups is 3. The summed E-state index contributed by atoms with van der Waals surface area (Å²) in [6, 6.07) is 3.69. The van der Waals surface area contributed by atoms with Gasteiger partial charge < -0.3 is 25.7 Å². The minimum atomic E-state index is -0.731. The van der Waals surface area contributed by atoms with Gasteiger partial charge in [-0.3, -0.25) is 14.4 Å². The third kappa shape index (κ3) is 5.39. The molecule has 182 valence electrons. The molecule has 2 aliphatic rings. The number of amides is 3. The highest BCUT2D eigenvalue weighted by Crippen LogP contribution is 2.34. The van der Waals surface area contributed by atoms with E-state index in [1.165, 1.54) is 18.5 Å². The molecule has 2 heterocycles. The molecular weight excluding hydrogens is 465 g/mol. The molecular formula is C23H27ClFN5O4. The lowest BCUT2D eigenvalue weighted by Gasteiger charge is -2.29. The van der Waals surface area contributed by atoms with E-state index >= 15 is 0 Å². The number of nitrogens with one attached hydrogen (secondary N) is 2. The van der Waals surface area contributed by atoms with E-state index in [4.69, 9.17) is 22.1 Å². The van der Waals surface area contributed by atoms with E-state index in [1.807, 2.05) is 0 Å². The van der Waals surface area contributed by atoms with Gasteiger partial charge in [0.05, 0.1) is 23.1 Å². The van der Waals surface area contributed by atoms with Crippen molar-refractivity contribution >= 4 is 35.0 Å². The predicted octanol–water partition coefficient (Wildman–Crippen LogP) is 3.05. The van der Waals surface area contributed by atoms with Crippen molar-refractivity contribution in [2.75, 3.05) is 18.5 Å². The van der Waals surface area contributed by atoms with Crippen molar-refractivity contribution in [3.8, 4) is 0 Å². The van der Waals surface area contributed by atoms with Gasteiger partial charge in [0.1, 0.15) is 11.5 Å². The molecule has 0 unspecified atom stereocenters. The zero-order valence-electron chi connectivity index (χ0n) is 18.6. The Balaban J connectivity index is 1.38. The number of nitrogens with zero attached hydrogens (tertiary/aromatic N) is 2. The highest BCUT2D eigenvalue weighted by molar-refractivity contribution is 6.33. The Bertz CT molecular complexity index is 1080. The Morgan fingerprint density at radius 1 is 1.21 bits per heavy atom. The molecule has 2 fully saturated rings. The van der Waals surface area contributed by atoms with Gasteiger partial charge in [-0.15, -0.1) is 0 Å². The molecule has 1 saturated heterocycles. The number of anilines is 1. The average Bonchev–Trinajstić information content (AvgIpc) is 3.49. The highest BCUT2D eigenvalue weighted by atomic mass is 35.5. The molecule has 1 aromatic carbocycles. The second kappa shape index (κ2) is 10.5. The molecule has 2 aromatic rings. The highest BCUT2D eigenvalue weighted by Gasteiger charge is 2.31. The summed E-state index contributed by atoms with van der Waals surface area (Å²) >= 11 is 6.00. The molecule has 0 spiro atoms. The van der Waals surface area contributed by atoms with E-state index in [9.17, 15) is 18.8 Å². The minimum absolute atomic E-state index is 0.00341. The van der Waals surface area contributed by atoms with Crippen LogP contribution in [0.2, 0.25) is 5.02 Å². The number of halogens is 2. The zero-order chi connectivity index (χ0) is 24.2. The van der Waals surface area contributed by atoms with E-state index in [0.29, 0.717) is 44.5 Å². The number of aromatic nitrogens is 2. The summed E-state index contributed by atoms with van der Waals surface area (Å²) in [6.07, 6.45) is 5.59. The summed E-state index contributed by atoms with van der Waals surface area (Å²) in [5, 5.41) is 5.66. The van der Waals surface area contributed by atoms with Crippen LogP contribution in [0.1, 0.15) is 65.5 Å². The smallest absolute Gasteiger partial charge is 0.272 e. The maximum atomic E-state index is 13.2. The fourth-order valence-electron chi connectivity index (χ4n) is 4.59. The third-order valence-electron chi connectivity index (χ3n) is 6.41. The van der Waals surface area contributed by atoms with Crippen molar-refractivity contribution in [1.29, 1.82) is 0 Å². The lowest BCUT2D eigenvalue weighted by atomic mass is 9.85. The van der Waals surface area contributed by atoms with Crippen LogP contribution in [0.4, 0.5) is 10.1 Å². The lowest BCUT2D eigenvalue weighted by Crippen LogP contribution is -2.34. The Morgan fingerprint density at radius 2 is 1.97 bits per heavy atom. The van der Waals surface area contributed by atoms with Crippen LogP contribution in [-0.2, 0) is 9.53 Å². The minimum Gasteiger partial charge on any atom is -0.376 e. The summed E-state index contributed by atoms with van der Waals surface area (Å²) < 4.78 is 20.4. The molecule has 34 heavy (non-hydrogen) atoms. The Morgan fingerprint density at radius 3 is 2.62 bits per heavy atom. The SMILES string of the molecule is NC(=O)c1c(C(=O)NC[C@@H]2CCCO2)ncn1[C@H]1CC[C@H](C(=O)Nc2ccc(F)cc2Cl)CC1. The Kier molecular flexibility index (Phi) is 7.47. The van der Waals surface area contributed by atoms with Crippen molar-refractivity contribution in [2.24, 2.45) is 11.7 Å². The van der Waals surface area contributed by atoms with Crippen molar-refractivity contribution in [3.63, 3.8) is 0 Å². The second-order valence-electron chi connectivity index (χ2n) is 8.68. The van der Waals surface area contributed by atoms with Gasteiger partial charge in [0.2, 0.25) is 5.91 Å². The Labute approximate surface area is 201 Å². The number of hydrogen-bond acceptors (Lipinski definition) is 5. The van der Waals surface area contributed by atoms with E-state index in [-0.39, 0.29) is 40.4 Å². The first kappa shape index (κ1) is 24.2. The van der Waals surface area contributed by atoms with Gasteiger partial charge in [0.25, 0.3) is 11.8 Å². The molecule has 9 nitrogen and oxygen atoms in total. The number of rotatable bonds is 7. The van der Waals surface area contributed by atoms with Crippen LogP contribution >= 0.6 is 11.6 Å². The fraction of sp³-hybridized carbons (Fsp3) is 0.478. The lowest BCUT2D eigenvalue weighted by molar-refractivity contribution is -0.121. The number of primary amides is 1. The standard InChI is InChI=1S/C23H27ClFN5O4/c24-17-10-14(25)5-8-18(17)29-22(32)13-3-6-15(7-4-13)30-12-28-19(20(30)21(26)31)23(33)27-11-16-2-1-9-34-16/h5,8,10,12-13,15-16H,1-4,6-7,9,11H2,(H2,26,31)(H,27,33)(H,29,32)/t13-,15-,16-/m0/s1. The van der Waals surface area contributed by atoms with Crippen molar-refractivity contribution in [1.82, 2.24) is 14.9 Å². The first-order chi connectivity index (χ1) is 16.3. The first-order valence-electron chi connectivity index (χ1n) is 11.4. The number of imidazole rings is 1. The van der Waals surface area contributed by atoms with Gasteiger partial charge in [0, 0.05) is 25.1 Å². The van der Waals surface area contributed by atoms with Crippen LogP contribution in [-0.4, -0.2) is 46.5 Å². The predicted molar refractivity (Wildman–Crippen MR) is 123 cm³/mol. The van der Waals surface area contributed by atoms with Crippen molar-refractivity contribution < 1.29 is 23.5 Å². The molecule has 1 saturated carbocycles. The largest absolute Gasteiger partial charge is 0.376 e. The number of nitrogens with two attached hydrogens (primary N) is 1. The molecule has 0 radical (unpaired) electrons. The quantitative estimate of drug-likeness (QED) is 0.548.